The van der Waals surface area contributed by atoms with Crippen LogP contribution in [0.25, 0.3) is 0 Å². The summed E-state index contributed by atoms with van der Waals surface area (Å²) < 4.78 is 0. The first-order chi connectivity index (χ1) is 9.40. The Kier molecular flexibility index (Phi) is 2.79. The lowest BCUT2D eigenvalue weighted by Crippen LogP contribution is -2.12. The van der Waals surface area contributed by atoms with Crippen molar-refractivity contribution in [3.8, 4) is 11.5 Å². The first kappa shape index (κ1) is 13.0. The van der Waals surface area contributed by atoms with Crippen molar-refractivity contribution in [1.82, 2.24) is 0 Å². The summed E-state index contributed by atoms with van der Waals surface area (Å²) in [5.41, 5.74) is 8.87. The lowest BCUT2D eigenvalue weighted by molar-refractivity contribution is 0.464. The van der Waals surface area contributed by atoms with E-state index >= 15 is 0 Å². The molecule has 0 saturated carbocycles. The average molecular weight is 268 g/mol. The largest absolute Gasteiger partial charge is 0.507 e. The summed E-state index contributed by atoms with van der Waals surface area (Å²) in [5.74, 6) is 0.808. The maximum absolute atomic E-state index is 10.1. The van der Waals surface area contributed by atoms with Gasteiger partial charge in [-0.15, -0.1) is 0 Å². The van der Waals surface area contributed by atoms with Crippen LogP contribution in [0.5, 0.6) is 11.5 Å². The van der Waals surface area contributed by atoms with Crippen molar-refractivity contribution in [2.75, 3.05) is 0 Å². The number of benzene rings is 2. The molecule has 0 heterocycles. The Labute approximate surface area is 119 Å². The normalized spacial score (nSPS) is 13.0. The molecule has 0 saturated heterocycles. The van der Waals surface area contributed by atoms with Crippen molar-refractivity contribution >= 4 is 0 Å². The van der Waals surface area contributed by atoms with E-state index in [1.165, 1.54) is 22.3 Å². The molecule has 2 nitrogen and oxygen atoms in total. The first-order valence-electron chi connectivity index (χ1n) is 7.02. The van der Waals surface area contributed by atoms with Gasteiger partial charge in [-0.1, -0.05) is 12.1 Å². The molecule has 0 fully saturated rings. The predicted molar refractivity (Wildman–Crippen MR) is 80.8 cm³/mol. The molecule has 0 radical (unpaired) electrons. The third-order valence-corrected chi connectivity index (χ3v) is 4.65. The second kappa shape index (κ2) is 4.27. The van der Waals surface area contributed by atoms with Crippen molar-refractivity contribution in [2.45, 2.75) is 40.5 Å². The van der Waals surface area contributed by atoms with Crippen molar-refractivity contribution in [1.29, 1.82) is 0 Å². The van der Waals surface area contributed by atoms with E-state index in [1.54, 1.807) is 0 Å². The number of aromatic hydroxyl groups is 2. The van der Waals surface area contributed by atoms with Crippen LogP contribution < -0.4 is 0 Å². The second-order valence-corrected chi connectivity index (χ2v) is 5.96. The highest BCUT2D eigenvalue weighted by Gasteiger charge is 2.23. The van der Waals surface area contributed by atoms with Crippen molar-refractivity contribution in [3.05, 3.63) is 56.6 Å². The Bertz CT molecular complexity index is 666. The summed E-state index contributed by atoms with van der Waals surface area (Å²) in [6.07, 6.45) is 1.68. The van der Waals surface area contributed by atoms with E-state index in [0.29, 0.717) is 11.5 Å². The van der Waals surface area contributed by atoms with Crippen molar-refractivity contribution in [2.24, 2.45) is 0 Å². The van der Waals surface area contributed by atoms with Crippen LogP contribution in [0.4, 0.5) is 0 Å². The summed E-state index contributed by atoms with van der Waals surface area (Å²) in [6, 6.07) is 4.19. The van der Waals surface area contributed by atoms with E-state index in [0.717, 1.165) is 35.1 Å². The molecule has 2 heteroatoms. The zero-order chi connectivity index (χ0) is 14.6. The molecule has 0 unspecified atom stereocenters. The van der Waals surface area contributed by atoms with Gasteiger partial charge in [-0.2, -0.15) is 0 Å². The van der Waals surface area contributed by atoms with Crippen LogP contribution >= 0.6 is 0 Å². The van der Waals surface area contributed by atoms with Gasteiger partial charge in [-0.05, 0) is 85.0 Å². The number of fused-ring (bicyclic) bond motifs is 2. The summed E-state index contributed by atoms with van der Waals surface area (Å²) in [4.78, 5) is 0. The summed E-state index contributed by atoms with van der Waals surface area (Å²) in [6.45, 7) is 7.86. The standard InChI is InChI=1S/C18H20O2/c1-9-5-13-7-14-6-10(2)18(20)12(4)16(14)8-15(13)11(3)17(9)19/h5-6,19-20H,7-8H2,1-4H3. The topological polar surface area (TPSA) is 40.5 Å². The molecule has 0 amide bonds. The average Bonchev–Trinajstić information content (AvgIpc) is 2.41. The van der Waals surface area contributed by atoms with Gasteiger partial charge < -0.3 is 10.2 Å². The number of phenolic OH excluding ortho intramolecular Hbond substituents is 2. The molecule has 0 aliphatic heterocycles. The van der Waals surface area contributed by atoms with Gasteiger partial charge in [0.05, 0.1) is 0 Å². The molecule has 2 aromatic carbocycles. The Hall–Kier alpha value is -1.96. The number of hydrogen-bond acceptors (Lipinski definition) is 2. The Morgan fingerprint density at radius 1 is 0.700 bits per heavy atom. The molecule has 0 spiro atoms. The van der Waals surface area contributed by atoms with Gasteiger partial charge in [0, 0.05) is 0 Å². The molecular weight excluding hydrogens is 248 g/mol. The van der Waals surface area contributed by atoms with Crippen LogP contribution in [0.15, 0.2) is 12.1 Å². The molecular formula is C18H20O2. The van der Waals surface area contributed by atoms with Crippen LogP contribution in [-0.4, -0.2) is 10.2 Å². The van der Waals surface area contributed by atoms with E-state index in [4.69, 9.17) is 0 Å². The quantitative estimate of drug-likeness (QED) is 0.650. The second-order valence-electron chi connectivity index (χ2n) is 5.96. The molecule has 0 bridgehead atoms. The van der Waals surface area contributed by atoms with Crippen LogP contribution in [0.3, 0.4) is 0 Å². The third-order valence-electron chi connectivity index (χ3n) is 4.65. The maximum atomic E-state index is 10.1. The minimum atomic E-state index is 0.404. The lowest BCUT2D eigenvalue weighted by atomic mass is 9.80. The summed E-state index contributed by atoms with van der Waals surface area (Å²) in [7, 11) is 0. The highest BCUT2D eigenvalue weighted by Crippen LogP contribution is 2.39. The van der Waals surface area contributed by atoms with Gasteiger partial charge in [-0.3, -0.25) is 0 Å². The van der Waals surface area contributed by atoms with E-state index in [9.17, 15) is 10.2 Å². The van der Waals surface area contributed by atoms with Crippen LogP contribution in [0.2, 0.25) is 0 Å². The van der Waals surface area contributed by atoms with E-state index in [2.05, 4.69) is 12.1 Å². The van der Waals surface area contributed by atoms with E-state index < -0.39 is 0 Å². The SMILES string of the molecule is Cc1cc2c(c(C)c1O)Cc1c(cc(C)c(O)c1C)C2. The molecule has 2 N–H and O–H groups in total. The van der Waals surface area contributed by atoms with Crippen LogP contribution in [0, 0.1) is 27.7 Å². The Morgan fingerprint density at radius 3 is 1.50 bits per heavy atom. The number of phenols is 2. The summed E-state index contributed by atoms with van der Waals surface area (Å²) >= 11 is 0. The van der Waals surface area contributed by atoms with Crippen LogP contribution in [-0.2, 0) is 12.8 Å². The highest BCUT2D eigenvalue weighted by molar-refractivity contribution is 5.59. The number of rotatable bonds is 0. The van der Waals surface area contributed by atoms with Crippen molar-refractivity contribution < 1.29 is 10.2 Å². The first-order valence-corrected chi connectivity index (χ1v) is 7.02. The monoisotopic (exact) mass is 268 g/mol. The van der Waals surface area contributed by atoms with Gasteiger partial charge in [0.1, 0.15) is 11.5 Å². The highest BCUT2D eigenvalue weighted by atomic mass is 16.3. The molecule has 0 atom stereocenters. The van der Waals surface area contributed by atoms with Gasteiger partial charge >= 0.3 is 0 Å². The minimum absolute atomic E-state index is 0.404. The molecule has 0 aromatic heterocycles. The molecule has 3 rings (SSSR count). The fraction of sp³-hybridized carbons (Fsp3) is 0.333. The zero-order valence-electron chi connectivity index (χ0n) is 12.5. The number of aryl methyl sites for hydroxylation is 2. The molecule has 2 aromatic rings. The van der Waals surface area contributed by atoms with Crippen LogP contribution in [0.1, 0.15) is 44.5 Å². The van der Waals surface area contributed by atoms with Gasteiger partial charge in [0.25, 0.3) is 0 Å². The molecule has 1 aliphatic rings. The lowest BCUT2D eigenvalue weighted by Gasteiger charge is -2.25. The smallest absolute Gasteiger partial charge is 0.121 e. The van der Waals surface area contributed by atoms with Gasteiger partial charge in [0.15, 0.2) is 0 Å². The Morgan fingerprint density at radius 2 is 1.10 bits per heavy atom. The zero-order valence-corrected chi connectivity index (χ0v) is 12.5. The maximum Gasteiger partial charge on any atom is 0.121 e. The van der Waals surface area contributed by atoms with Gasteiger partial charge in [-0.25, -0.2) is 0 Å². The fourth-order valence-electron chi connectivity index (χ4n) is 3.38. The van der Waals surface area contributed by atoms with Gasteiger partial charge in [0.2, 0.25) is 0 Å². The Balaban J connectivity index is 2.22. The molecule has 20 heavy (non-hydrogen) atoms. The van der Waals surface area contributed by atoms with Crippen molar-refractivity contribution in [3.63, 3.8) is 0 Å². The molecule has 1 aliphatic carbocycles. The van der Waals surface area contributed by atoms with E-state index in [-0.39, 0.29) is 0 Å². The predicted octanol–water partition coefficient (Wildman–Crippen LogP) is 3.83. The fourth-order valence-corrected chi connectivity index (χ4v) is 3.38. The molecule has 104 valence electrons. The van der Waals surface area contributed by atoms with E-state index in [1.807, 2.05) is 27.7 Å². The third kappa shape index (κ3) is 1.71. The number of hydrogen-bond donors (Lipinski definition) is 2. The minimum Gasteiger partial charge on any atom is -0.507 e. The summed E-state index contributed by atoms with van der Waals surface area (Å²) in [5, 5.41) is 20.3.